The second kappa shape index (κ2) is 6.53. The van der Waals surface area contributed by atoms with Crippen molar-refractivity contribution in [2.45, 2.75) is 24.2 Å². The van der Waals surface area contributed by atoms with Crippen molar-refractivity contribution in [2.75, 3.05) is 5.88 Å². The molecule has 2 heteroatoms. The maximum atomic E-state index is 2.33. The average Bonchev–Trinajstić information content (AvgIpc) is 2.68. The summed E-state index contributed by atoms with van der Waals surface area (Å²) in [5.41, 5.74) is 5.30. The molecule has 1 aliphatic rings. The molecule has 0 saturated carbocycles. The monoisotopic (exact) mass is 344 g/mol. The fraction of sp³-hybridized carbons (Fsp3) is 0.174. The Balaban J connectivity index is 1.79. The van der Waals surface area contributed by atoms with Crippen molar-refractivity contribution >= 4 is 23.7 Å². The zero-order chi connectivity index (χ0) is 17.3. The minimum atomic E-state index is -0.0115. The first-order valence-corrected chi connectivity index (χ1v) is 9.63. The largest absolute Gasteiger partial charge is 0.205 e. The predicted octanol–water partition coefficient (Wildman–Crippen LogP) is 5.84. The van der Waals surface area contributed by atoms with E-state index in [9.17, 15) is 0 Å². The summed E-state index contributed by atoms with van der Waals surface area (Å²) >= 11 is 1.93. The summed E-state index contributed by atoms with van der Waals surface area (Å²) in [6.45, 7) is 4.64. The van der Waals surface area contributed by atoms with Crippen LogP contribution >= 0.6 is 11.8 Å². The van der Waals surface area contributed by atoms with Gasteiger partial charge in [-0.05, 0) is 17.2 Å². The van der Waals surface area contributed by atoms with Crippen molar-refractivity contribution in [2.24, 2.45) is 0 Å². The van der Waals surface area contributed by atoms with E-state index in [2.05, 4.69) is 104 Å². The molecule has 0 amide bonds. The molecule has 0 spiro atoms. The molecule has 0 saturated heterocycles. The van der Waals surface area contributed by atoms with Gasteiger partial charge in [-0.25, -0.2) is 0 Å². The van der Waals surface area contributed by atoms with E-state index in [1.165, 1.54) is 27.3 Å². The standard InChI is InChI=1S/C23H22NS/c1-23(2,19-11-5-3-6-12-19)21-15-9-10-18-16-24(17-25-22(18)21)20-13-7-4-8-14-20/h3-16H,17H2,1-2H3/q+1. The van der Waals surface area contributed by atoms with E-state index in [-0.39, 0.29) is 5.41 Å². The Hall–Kier alpha value is -2.32. The lowest BCUT2D eigenvalue weighted by atomic mass is 9.77. The molecule has 3 aromatic carbocycles. The highest BCUT2D eigenvalue weighted by atomic mass is 32.2. The van der Waals surface area contributed by atoms with Crippen LogP contribution in [0.15, 0.2) is 83.8 Å². The van der Waals surface area contributed by atoms with Crippen LogP contribution in [0.4, 0.5) is 5.69 Å². The molecule has 1 aliphatic heterocycles. The molecule has 124 valence electrons. The van der Waals surface area contributed by atoms with Gasteiger partial charge in [0.15, 0.2) is 12.1 Å². The highest BCUT2D eigenvalue weighted by Crippen LogP contribution is 2.40. The first kappa shape index (κ1) is 16.2. The second-order valence-corrected chi connectivity index (χ2v) is 7.88. The van der Waals surface area contributed by atoms with Crippen LogP contribution in [0.1, 0.15) is 30.5 Å². The highest BCUT2D eigenvalue weighted by molar-refractivity contribution is 7.99. The Morgan fingerprint density at radius 3 is 2.20 bits per heavy atom. The van der Waals surface area contributed by atoms with Gasteiger partial charge >= 0.3 is 0 Å². The van der Waals surface area contributed by atoms with Crippen LogP contribution in [0, 0.1) is 0 Å². The Labute approximate surface area is 154 Å². The summed E-state index contributed by atoms with van der Waals surface area (Å²) in [6.07, 6.45) is 2.28. The molecule has 0 aliphatic carbocycles. The molecule has 0 radical (unpaired) electrons. The van der Waals surface area contributed by atoms with Crippen LogP contribution < -0.4 is 0 Å². The lowest BCUT2D eigenvalue weighted by molar-refractivity contribution is -0.411. The number of hydrogen-bond acceptors (Lipinski definition) is 1. The number of nitrogens with zero attached hydrogens (tertiary/aromatic N) is 1. The van der Waals surface area contributed by atoms with Crippen molar-refractivity contribution < 1.29 is 4.58 Å². The molecule has 25 heavy (non-hydrogen) atoms. The molecule has 0 N–H and O–H groups in total. The molecule has 0 bridgehead atoms. The number of rotatable bonds is 3. The van der Waals surface area contributed by atoms with Gasteiger partial charge in [-0.3, -0.25) is 0 Å². The van der Waals surface area contributed by atoms with Gasteiger partial charge in [0, 0.05) is 22.4 Å². The third-order valence-electron chi connectivity index (χ3n) is 4.95. The molecule has 0 atom stereocenters. The van der Waals surface area contributed by atoms with Crippen molar-refractivity contribution in [3.63, 3.8) is 0 Å². The van der Waals surface area contributed by atoms with Gasteiger partial charge in [-0.1, -0.05) is 86.3 Å². The van der Waals surface area contributed by atoms with Crippen LogP contribution in [0.5, 0.6) is 0 Å². The van der Waals surface area contributed by atoms with Crippen LogP contribution in [0.2, 0.25) is 0 Å². The van der Waals surface area contributed by atoms with Crippen LogP contribution in [-0.4, -0.2) is 16.7 Å². The quantitative estimate of drug-likeness (QED) is 0.540. The summed E-state index contributed by atoms with van der Waals surface area (Å²) in [6, 6.07) is 28.1. The van der Waals surface area contributed by atoms with Crippen molar-refractivity contribution in [1.29, 1.82) is 0 Å². The van der Waals surface area contributed by atoms with Gasteiger partial charge in [0.2, 0.25) is 5.69 Å². The average molecular weight is 345 g/mol. The SMILES string of the molecule is CC(C)(c1ccccc1)c1cccc2c1SC[N+](c1ccccc1)=C2. The van der Waals surface area contributed by atoms with E-state index in [0.29, 0.717) is 0 Å². The first-order chi connectivity index (χ1) is 12.2. The maximum absolute atomic E-state index is 2.33. The van der Waals surface area contributed by atoms with Crippen molar-refractivity contribution in [3.05, 3.63) is 95.6 Å². The van der Waals surface area contributed by atoms with Crippen molar-refractivity contribution in [1.82, 2.24) is 0 Å². The van der Waals surface area contributed by atoms with Crippen molar-refractivity contribution in [3.8, 4) is 0 Å². The number of fused-ring (bicyclic) bond motifs is 1. The third kappa shape index (κ3) is 3.03. The van der Waals surface area contributed by atoms with Gasteiger partial charge in [-0.15, -0.1) is 0 Å². The van der Waals surface area contributed by atoms with E-state index in [4.69, 9.17) is 0 Å². The maximum Gasteiger partial charge on any atom is 0.205 e. The smallest absolute Gasteiger partial charge is 0.188 e. The second-order valence-electron chi connectivity index (χ2n) is 6.92. The number of hydrogen-bond donors (Lipinski definition) is 0. The predicted molar refractivity (Wildman–Crippen MR) is 107 cm³/mol. The first-order valence-electron chi connectivity index (χ1n) is 8.64. The van der Waals surface area contributed by atoms with E-state index in [1.807, 2.05) is 11.8 Å². The van der Waals surface area contributed by atoms with Crippen LogP contribution in [-0.2, 0) is 5.41 Å². The topological polar surface area (TPSA) is 3.01 Å². The molecule has 1 nitrogen and oxygen atoms in total. The summed E-state index contributed by atoms with van der Waals surface area (Å²) in [5.74, 6) is 0.943. The Morgan fingerprint density at radius 2 is 1.48 bits per heavy atom. The lowest BCUT2D eigenvalue weighted by Gasteiger charge is -2.29. The summed E-state index contributed by atoms with van der Waals surface area (Å²) < 4.78 is 2.33. The Bertz CT molecular complexity index is 911. The Morgan fingerprint density at radius 1 is 0.800 bits per heavy atom. The minimum Gasteiger partial charge on any atom is -0.188 e. The van der Waals surface area contributed by atoms with Gasteiger partial charge in [0.1, 0.15) is 0 Å². The molecule has 0 fully saturated rings. The minimum absolute atomic E-state index is 0.0115. The zero-order valence-corrected chi connectivity index (χ0v) is 15.5. The fourth-order valence-electron chi connectivity index (χ4n) is 3.43. The number of benzene rings is 3. The van der Waals surface area contributed by atoms with Crippen LogP contribution in [0.25, 0.3) is 0 Å². The normalized spacial score (nSPS) is 13.9. The molecular weight excluding hydrogens is 322 g/mol. The Kier molecular flexibility index (Phi) is 4.22. The molecule has 4 rings (SSSR count). The fourth-order valence-corrected chi connectivity index (χ4v) is 4.69. The summed E-state index contributed by atoms with van der Waals surface area (Å²) in [5, 5.41) is 0. The molecule has 0 unspecified atom stereocenters. The number of thioether (sulfide) groups is 1. The van der Waals surface area contributed by atoms with Gasteiger partial charge in [-0.2, -0.15) is 4.58 Å². The van der Waals surface area contributed by atoms with Gasteiger partial charge in [0.25, 0.3) is 0 Å². The summed E-state index contributed by atoms with van der Waals surface area (Å²) in [7, 11) is 0. The summed E-state index contributed by atoms with van der Waals surface area (Å²) in [4.78, 5) is 1.41. The van der Waals surface area contributed by atoms with Gasteiger partial charge in [0.05, 0.1) is 5.56 Å². The molecular formula is C23H22NS+. The van der Waals surface area contributed by atoms with E-state index in [1.54, 1.807) is 0 Å². The van der Waals surface area contributed by atoms with E-state index >= 15 is 0 Å². The zero-order valence-electron chi connectivity index (χ0n) is 14.6. The van der Waals surface area contributed by atoms with Crippen LogP contribution in [0.3, 0.4) is 0 Å². The lowest BCUT2D eigenvalue weighted by Crippen LogP contribution is -2.22. The van der Waals surface area contributed by atoms with E-state index < -0.39 is 0 Å². The molecule has 3 aromatic rings. The third-order valence-corrected chi connectivity index (χ3v) is 6.10. The van der Waals surface area contributed by atoms with Gasteiger partial charge < -0.3 is 0 Å². The molecule has 1 heterocycles. The highest BCUT2D eigenvalue weighted by Gasteiger charge is 2.30. The number of para-hydroxylation sites is 1. The van der Waals surface area contributed by atoms with E-state index in [0.717, 1.165) is 5.88 Å². The molecule has 0 aromatic heterocycles.